The number of hydrogen-bond donors (Lipinski definition) is 1. The maximum atomic E-state index is 12.6. The Morgan fingerprint density at radius 3 is 2.58 bits per heavy atom. The minimum absolute atomic E-state index is 0.0240. The highest BCUT2D eigenvalue weighted by atomic mass is 16.2. The number of carbonyl (C=O) groups is 1. The van der Waals surface area contributed by atoms with E-state index in [9.17, 15) is 4.79 Å². The second kappa shape index (κ2) is 4.97. The molecule has 0 fully saturated rings. The first kappa shape index (κ1) is 14.1. The zero-order chi connectivity index (χ0) is 14.2. The summed E-state index contributed by atoms with van der Waals surface area (Å²) < 4.78 is 0. The van der Waals surface area contributed by atoms with Crippen molar-refractivity contribution in [3.8, 4) is 0 Å². The Hall–Kier alpha value is -1.35. The summed E-state index contributed by atoms with van der Waals surface area (Å²) >= 11 is 0. The summed E-state index contributed by atoms with van der Waals surface area (Å²) in [5.41, 5.74) is 7.91. The molecule has 2 atom stereocenters. The number of anilines is 1. The average molecular weight is 260 g/mol. The summed E-state index contributed by atoms with van der Waals surface area (Å²) in [5.74, 6) is 0.580. The van der Waals surface area contributed by atoms with Gasteiger partial charge in [0.25, 0.3) is 0 Å². The number of nitrogens with two attached hydrogens (primary N) is 1. The van der Waals surface area contributed by atoms with Gasteiger partial charge in [-0.15, -0.1) is 0 Å². The maximum absolute atomic E-state index is 12.6. The number of para-hydroxylation sites is 1. The van der Waals surface area contributed by atoms with Crippen LogP contribution in [0.3, 0.4) is 0 Å². The molecule has 3 heteroatoms. The SMILES string of the molecule is CCC(C)C(N)CN1C(=O)C(C)(C)c2ccccc21. The normalized spacial score (nSPS) is 20.3. The second-order valence-corrected chi connectivity index (χ2v) is 6.11. The Balaban J connectivity index is 2.30. The quantitative estimate of drug-likeness (QED) is 0.904. The molecule has 1 amide bonds. The van der Waals surface area contributed by atoms with Crippen molar-refractivity contribution in [3.05, 3.63) is 29.8 Å². The van der Waals surface area contributed by atoms with E-state index in [4.69, 9.17) is 5.73 Å². The number of nitrogens with zero attached hydrogens (tertiary/aromatic N) is 1. The van der Waals surface area contributed by atoms with Crippen molar-refractivity contribution in [2.45, 2.75) is 45.6 Å². The third-order valence-electron chi connectivity index (χ3n) is 4.42. The molecule has 0 aromatic heterocycles. The molecular weight excluding hydrogens is 236 g/mol. The minimum atomic E-state index is -0.439. The second-order valence-electron chi connectivity index (χ2n) is 6.11. The summed E-state index contributed by atoms with van der Waals surface area (Å²) in [6.07, 6.45) is 1.04. The number of hydrogen-bond acceptors (Lipinski definition) is 2. The third-order valence-corrected chi connectivity index (χ3v) is 4.42. The lowest BCUT2D eigenvalue weighted by Crippen LogP contribution is -2.45. The molecular formula is C16H24N2O. The highest BCUT2D eigenvalue weighted by Gasteiger charge is 2.43. The van der Waals surface area contributed by atoms with Crippen LogP contribution in [0.5, 0.6) is 0 Å². The van der Waals surface area contributed by atoms with Gasteiger partial charge in [0, 0.05) is 18.3 Å². The van der Waals surface area contributed by atoms with Gasteiger partial charge >= 0.3 is 0 Å². The van der Waals surface area contributed by atoms with E-state index >= 15 is 0 Å². The van der Waals surface area contributed by atoms with Gasteiger partial charge in [0.1, 0.15) is 0 Å². The average Bonchev–Trinajstić information content (AvgIpc) is 2.59. The van der Waals surface area contributed by atoms with Crippen molar-refractivity contribution in [3.63, 3.8) is 0 Å². The summed E-state index contributed by atoms with van der Waals surface area (Å²) in [7, 11) is 0. The first-order valence-corrected chi connectivity index (χ1v) is 7.06. The van der Waals surface area contributed by atoms with E-state index in [0.29, 0.717) is 12.5 Å². The molecule has 0 spiro atoms. The van der Waals surface area contributed by atoms with Crippen molar-refractivity contribution >= 4 is 11.6 Å². The van der Waals surface area contributed by atoms with Crippen LogP contribution < -0.4 is 10.6 Å². The van der Waals surface area contributed by atoms with Crippen molar-refractivity contribution in [2.24, 2.45) is 11.7 Å². The van der Waals surface area contributed by atoms with Gasteiger partial charge in [0.2, 0.25) is 5.91 Å². The largest absolute Gasteiger partial charge is 0.326 e. The van der Waals surface area contributed by atoms with Crippen molar-refractivity contribution in [1.29, 1.82) is 0 Å². The molecule has 1 aliphatic heterocycles. The Labute approximate surface area is 115 Å². The summed E-state index contributed by atoms with van der Waals surface area (Å²) in [6, 6.07) is 8.06. The molecule has 0 radical (unpaired) electrons. The van der Waals surface area contributed by atoms with Crippen LogP contribution in [-0.2, 0) is 10.2 Å². The molecule has 19 heavy (non-hydrogen) atoms. The van der Waals surface area contributed by atoms with Gasteiger partial charge in [-0.25, -0.2) is 0 Å². The Bertz CT molecular complexity index is 481. The Morgan fingerprint density at radius 1 is 1.32 bits per heavy atom. The van der Waals surface area contributed by atoms with Gasteiger partial charge in [0.15, 0.2) is 0 Å². The van der Waals surface area contributed by atoms with E-state index < -0.39 is 5.41 Å². The van der Waals surface area contributed by atoms with Crippen molar-refractivity contribution in [2.75, 3.05) is 11.4 Å². The molecule has 2 unspecified atom stereocenters. The first-order valence-electron chi connectivity index (χ1n) is 7.06. The van der Waals surface area contributed by atoms with Crippen LogP contribution in [0.4, 0.5) is 5.69 Å². The van der Waals surface area contributed by atoms with Gasteiger partial charge in [-0.1, -0.05) is 38.5 Å². The van der Waals surface area contributed by atoms with Gasteiger partial charge in [-0.05, 0) is 31.4 Å². The standard InChI is InChI=1S/C16H24N2O/c1-5-11(2)13(17)10-18-14-9-7-6-8-12(14)16(3,4)15(18)19/h6-9,11,13H,5,10,17H2,1-4H3. The minimum Gasteiger partial charge on any atom is -0.326 e. The van der Waals surface area contributed by atoms with Crippen LogP contribution in [0.25, 0.3) is 0 Å². The van der Waals surface area contributed by atoms with Crippen LogP contribution in [0.2, 0.25) is 0 Å². The number of rotatable bonds is 4. The van der Waals surface area contributed by atoms with E-state index in [1.165, 1.54) is 0 Å². The van der Waals surface area contributed by atoms with E-state index in [1.807, 2.05) is 43.0 Å². The molecule has 1 aromatic carbocycles. The predicted octanol–water partition coefficient (Wildman–Crippen LogP) is 2.68. The highest BCUT2D eigenvalue weighted by Crippen LogP contribution is 2.41. The summed E-state index contributed by atoms with van der Waals surface area (Å²) in [4.78, 5) is 14.5. The van der Waals surface area contributed by atoms with E-state index in [1.54, 1.807) is 0 Å². The van der Waals surface area contributed by atoms with E-state index in [2.05, 4.69) is 13.8 Å². The lowest BCUT2D eigenvalue weighted by molar-refractivity contribution is -0.122. The highest BCUT2D eigenvalue weighted by molar-refractivity contribution is 6.07. The zero-order valence-corrected chi connectivity index (χ0v) is 12.3. The molecule has 0 bridgehead atoms. The van der Waals surface area contributed by atoms with Crippen LogP contribution >= 0.6 is 0 Å². The smallest absolute Gasteiger partial charge is 0.237 e. The molecule has 1 aromatic rings. The molecule has 1 heterocycles. The Kier molecular flexibility index (Phi) is 3.68. The van der Waals surface area contributed by atoms with Gasteiger partial charge in [-0.2, -0.15) is 0 Å². The fourth-order valence-corrected chi connectivity index (χ4v) is 2.67. The maximum Gasteiger partial charge on any atom is 0.237 e. The molecule has 2 rings (SSSR count). The number of amides is 1. The van der Waals surface area contributed by atoms with E-state index in [-0.39, 0.29) is 11.9 Å². The lowest BCUT2D eigenvalue weighted by atomic mass is 9.86. The fraction of sp³-hybridized carbons (Fsp3) is 0.562. The third kappa shape index (κ3) is 2.27. The molecule has 2 N–H and O–H groups in total. The molecule has 0 aliphatic carbocycles. The number of fused-ring (bicyclic) bond motifs is 1. The van der Waals surface area contributed by atoms with E-state index in [0.717, 1.165) is 17.7 Å². The van der Waals surface area contributed by atoms with Gasteiger partial charge < -0.3 is 10.6 Å². The Morgan fingerprint density at radius 2 is 1.95 bits per heavy atom. The van der Waals surface area contributed by atoms with Crippen LogP contribution in [0.1, 0.15) is 39.7 Å². The fourth-order valence-electron chi connectivity index (χ4n) is 2.67. The monoisotopic (exact) mass is 260 g/mol. The van der Waals surface area contributed by atoms with Crippen molar-refractivity contribution < 1.29 is 4.79 Å². The molecule has 0 saturated carbocycles. The summed E-state index contributed by atoms with van der Waals surface area (Å²) in [5, 5.41) is 0. The summed E-state index contributed by atoms with van der Waals surface area (Å²) in [6.45, 7) is 8.86. The van der Waals surface area contributed by atoms with Crippen molar-refractivity contribution in [1.82, 2.24) is 0 Å². The number of benzene rings is 1. The lowest BCUT2D eigenvalue weighted by Gasteiger charge is -2.26. The zero-order valence-electron chi connectivity index (χ0n) is 12.3. The van der Waals surface area contributed by atoms with Crippen LogP contribution in [0.15, 0.2) is 24.3 Å². The molecule has 0 saturated heterocycles. The topological polar surface area (TPSA) is 46.3 Å². The van der Waals surface area contributed by atoms with Crippen LogP contribution in [0, 0.1) is 5.92 Å². The first-order chi connectivity index (χ1) is 8.89. The number of carbonyl (C=O) groups excluding carboxylic acids is 1. The molecule has 1 aliphatic rings. The van der Waals surface area contributed by atoms with Crippen LogP contribution in [-0.4, -0.2) is 18.5 Å². The predicted molar refractivity (Wildman–Crippen MR) is 79.3 cm³/mol. The molecule has 3 nitrogen and oxygen atoms in total. The van der Waals surface area contributed by atoms with Gasteiger partial charge in [-0.3, -0.25) is 4.79 Å². The van der Waals surface area contributed by atoms with Gasteiger partial charge in [0.05, 0.1) is 5.41 Å². The molecule has 104 valence electrons.